The molecule has 0 aromatic rings. The average Bonchev–Trinajstić information content (AvgIpc) is 1.88. The molecule has 10 heavy (non-hydrogen) atoms. The van der Waals surface area contributed by atoms with E-state index in [1.165, 1.54) is 0 Å². The summed E-state index contributed by atoms with van der Waals surface area (Å²) in [4.78, 5) is 0. The summed E-state index contributed by atoms with van der Waals surface area (Å²) in [7, 11) is 0. The van der Waals surface area contributed by atoms with Crippen molar-refractivity contribution in [2.45, 2.75) is 24.7 Å². The van der Waals surface area contributed by atoms with Crippen molar-refractivity contribution in [3.8, 4) is 0 Å². The number of rotatable bonds is 1. The number of aliphatic hydroxyl groups is 3. The van der Waals surface area contributed by atoms with Crippen LogP contribution in [0.1, 0.15) is 6.42 Å². The van der Waals surface area contributed by atoms with Crippen molar-refractivity contribution in [1.29, 1.82) is 0 Å². The van der Waals surface area contributed by atoms with Gasteiger partial charge in [-0.3, -0.25) is 0 Å². The highest BCUT2D eigenvalue weighted by molar-refractivity contribution is 4.76. The number of ether oxygens (including phenoxy) is 1. The number of hydrogen-bond donors (Lipinski definition) is 3. The Kier molecular flexibility index (Phi) is 2.62. The van der Waals surface area contributed by atoms with Crippen molar-refractivity contribution in [1.82, 2.24) is 0 Å². The molecule has 0 saturated carbocycles. The number of hydrogen-bond acceptors (Lipinski definition) is 4. The highest BCUT2D eigenvalue weighted by Crippen LogP contribution is 2.13. The lowest BCUT2D eigenvalue weighted by atomic mass is 10.0. The van der Waals surface area contributed by atoms with Crippen molar-refractivity contribution in [3.63, 3.8) is 0 Å². The third-order valence-corrected chi connectivity index (χ3v) is 1.63. The molecule has 3 atom stereocenters. The lowest BCUT2D eigenvalue weighted by Crippen LogP contribution is -2.42. The van der Waals surface area contributed by atoms with Gasteiger partial charge in [-0.1, -0.05) is 0 Å². The Morgan fingerprint density at radius 3 is 2.60 bits per heavy atom. The van der Waals surface area contributed by atoms with Crippen LogP contribution in [-0.4, -0.2) is 46.8 Å². The fourth-order valence-corrected chi connectivity index (χ4v) is 1.02. The van der Waals surface area contributed by atoms with Crippen LogP contribution in [0.25, 0.3) is 0 Å². The van der Waals surface area contributed by atoms with Gasteiger partial charge in [-0.25, -0.2) is 0 Å². The summed E-state index contributed by atoms with van der Waals surface area (Å²) in [6, 6.07) is 0. The molecule has 60 valence electrons. The summed E-state index contributed by atoms with van der Waals surface area (Å²) in [6.07, 6.45) is -1.53. The topological polar surface area (TPSA) is 69.9 Å². The minimum atomic E-state index is -0.728. The summed E-state index contributed by atoms with van der Waals surface area (Å²) in [5, 5.41) is 26.6. The summed E-state index contributed by atoms with van der Waals surface area (Å²) in [6.45, 7) is 0.0240. The fraction of sp³-hybridized carbons (Fsp3) is 1.00. The van der Waals surface area contributed by atoms with Gasteiger partial charge in [0.05, 0.1) is 25.4 Å². The second-order valence-corrected chi connectivity index (χ2v) is 2.51. The molecule has 4 nitrogen and oxygen atoms in total. The highest BCUT2D eigenvalue weighted by Gasteiger charge is 2.27. The maximum atomic E-state index is 9.09. The van der Waals surface area contributed by atoms with E-state index in [4.69, 9.17) is 20.1 Å². The molecule has 1 heterocycles. The monoisotopic (exact) mass is 148 g/mol. The van der Waals surface area contributed by atoms with Crippen LogP contribution in [0.5, 0.6) is 0 Å². The molecule has 1 aliphatic heterocycles. The first-order valence-electron chi connectivity index (χ1n) is 3.32. The molecule has 0 aliphatic carbocycles. The van der Waals surface area contributed by atoms with Crippen LogP contribution in [0.2, 0.25) is 0 Å². The molecule has 4 heteroatoms. The van der Waals surface area contributed by atoms with Crippen molar-refractivity contribution >= 4 is 0 Å². The zero-order valence-electron chi connectivity index (χ0n) is 5.60. The Morgan fingerprint density at radius 2 is 2.10 bits per heavy atom. The van der Waals surface area contributed by atoms with E-state index < -0.39 is 18.3 Å². The van der Waals surface area contributed by atoms with Crippen molar-refractivity contribution < 1.29 is 20.1 Å². The molecule has 0 aromatic heterocycles. The van der Waals surface area contributed by atoms with Crippen LogP contribution >= 0.6 is 0 Å². The van der Waals surface area contributed by atoms with E-state index in [2.05, 4.69) is 0 Å². The summed E-state index contributed by atoms with van der Waals surface area (Å²) >= 11 is 0. The largest absolute Gasteiger partial charge is 0.394 e. The molecular weight excluding hydrogens is 136 g/mol. The Morgan fingerprint density at radius 1 is 1.40 bits per heavy atom. The molecule has 3 N–H and O–H groups in total. The van der Waals surface area contributed by atoms with E-state index in [-0.39, 0.29) is 13.2 Å². The molecular formula is C6H12O4. The molecule has 0 aromatic carbocycles. The fourth-order valence-electron chi connectivity index (χ4n) is 1.02. The Labute approximate surface area is 59.1 Å². The average molecular weight is 148 g/mol. The van der Waals surface area contributed by atoms with Crippen LogP contribution in [-0.2, 0) is 4.74 Å². The molecule has 0 amide bonds. The van der Waals surface area contributed by atoms with E-state index in [0.717, 1.165) is 0 Å². The van der Waals surface area contributed by atoms with Crippen molar-refractivity contribution in [2.24, 2.45) is 0 Å². The van der Waals surface area contributed by atoms with Crippen LogP contribution in [0.3, 0.4) is 0 Å². The Balaban J connectivity index is 2.36. The molecule has 1 rings (SSSR count). The zero-order chi connectivity index (χ0) is 7.56. The molecule has 1 saturated heterocycles. The first-order valence-corrected chi connectivity index (χ1v) is 3.32. The van der Waals surface area contributed by atoms with Gasteiger partial charge in [-0.2, -0.15) is 0 Å². The quantitative estimate of drug-likeness (QED) is 0.423. The van der Waals surface area contributed by atoms with Gasteiger partial charge in [-0.15, -0.1) is 0 Å². The van der Waals surface area contributed by atoms with E-state index in [9.17, 15) is 0 Å². The predicted molar refractivity (Wildman–Crippen MR) is 33.5 cm³/mol. The minimum absolute atomic E-state index is 0.187. The van der Waals surface area contributed by atoms with Crippen molar-refractivity contribution in [3.05, 3.63) is 0 Å². The van der Waals surface area contributed by atoms with Gasteiger partial charge in [-0.05, 0) is 0 Å². The Bertz CT molecular complexity index is 106. The van der Waals surface area contributed by atoms with E-state index in [0.29, 0.717) is 6.42 Å². The van der Waals surface area contributed by atoms with E-state index in [1.807, 2.05) is 0 Å². The second-order valence-electron chi connectivity index (χ2n) is 2.51. The lowest BCUT2D eigenvalue weighted by molar-refractivity contribution is -0.136. The van der Waals surface area contributed by atoms with Crippen molar-refractivity contribution in [2.75, 3.05) is 13.2 Å². The van der Waals surface area contributed by atoms with Gasteiger partial charge < -0.3 is 20.1 Å². The van der Waals surface area contributed by atoms with E-state index in [1.54, 1.807) is 0 Å². The van der Waals surface area contributed by atoms with Gasteiger partial charge in [0.25, 0.3) is 0 Å². The van der Waals surface area contributed by atoms with E-state index >= 15 is 0 Å². The molecule has 1 fully saturated rings. The van der Waals surface area contributed by atoms with Gasteiger partial charge in [0.1, 0.15) is 6.10 Å². The van der Waals surface area contributed by atoms with Gasteiger partial charge in [0.15, 0.2) is 0 Å². The van der Waals surface area contributed by atoms with Crippen LogP contribution < -0.4 is 0 Å². The standard InChI is InChI=1S/C6H12O4/c7-2-6-5(9)1-4(8)3-10-6/h4-9H,1-3H2/t4-,5+,6-/m0/s1. The third-order valence-electron chi connectivity index (χ3n) is 1.63. The maximum Gasteiger partial charge on any atom is 0.107 e. The number of aliphatic hydroxyl groups excluding tert-OH is 3. The predicted octanol–water partition coefficient (Wildman–Crippen LogP) is -1.51. The highest BCUT2D eigenvalue weighted by atomic mass is 16.5. The first-order chi connectivity index (χ1) is 4.74. The zero-order valence-corrected chi connectivity index (χ0v) is 5.60. The smallest absolute Gasteiger partial charge is 0.107 e. The van der Waals surface area contributed by atoms with Crippen LogP contribution in [0.4, 0.5) is 0 Å². The van der Waals surface area contributed by atoms with Crippen LogP contribution in [0.15, 0.2) is 0 Å². The molecule has 0 radical (unpaired) electrons. The normalized spacial score (nSPS) is 41.7. The summed E-state index contributed by atoms with van der Waals surface area (Å²) < 4.78 is 4.90. The maximum absolute atomic E-state index is 9.09. The lowest BCUT2D eigenvalue weighted by Gasteiger charge is -2.29. The SMILES string of the molecule is OC[C@@H]1OC[C@@H](O)C[C@H]1O. The van der Waals surface area contributed by atoms with Gasteiger partial charge in [0, 0.05) is 6.42 Å². The summed E-state index contributed by atoms with van der Waals surface area (Å²) in [5.41, 5.74) is 0. The summed E-state index contributed by atoms with van der Waals surface area (Å²) in [5.74, 6) is 0. The molecule has 0 bridgehead atoms. The Hall–Kier alpha value is -0.160. The second kappa shape index (κ2) is 3.30. The minimum Gasteiger partial charge on any atom is -0.394 e. The van der Waals surface area contributed by atoms with Gasteiger partial charge >= 0.3 is 0 Å². The molecule has 1 aliphatic rings. The van der Waals surface area contributed by atoms with Crippen LogP contribution in [0, 0.1) is 0 Å². The molecule has 0 spiro atoms. The van der Waals surface area contributed by atoms with Gasteiger partial charge in [0.2, 0.25) is 0 Å². The first kappa shape index (κ1) is 7.94. The third kappa shape index (κ3) is 1.67. The molecule has 0 unspecified atom stereocenters.